The van der Waals surface area contributed by atoms with Crippen molar-refractivity contribution in [2.45, 2.75) is 6.92 Å². The molecule has 1 amide bonds. The Bertz CT molecular complexity index is 615. The largest absolute Gasteiger partial charge is 0.351 e. The lowest BCUT2D eigenvalue weighted by Gasteiger charge is -2.26. The van der Waals surface area contributed by atoms with Crippen LogP contribution in [0.4, 0.5) is 0 Å². The third-order valence-corrected chi connectivity index (χ3v) is 4.37. The van der Waals surface area contributed by atoms with Crippen LogP contribution in [0.1, 0.15) is 14.7 Å². The normalized spacial score (nSPS) is 13.5. The monoisotopic (exact) mass is 359 g/mol. The molecule has 3 rings (SSSR count). The number of amides is 1. The van der Waals surface area contributed by atoms with Crippen LogP contribution in [0.25, 0.3) is 11.3 Å². The number of nitrogens with one attached hydrogen (secondary N) is 2. The molecule has 1 fully saturated rings. The minimum atomic E-state index is -0.0126. The maximum absolute atomic E-state index is 12.3. The number of carbonyl (C=O) groups excluding carboxylic acids is 1. The number of halogens is 2. The van der Waals surface area contributed by atoms with E-state index in [0.29, 0.717) is 10.8 Å². The van der Waals surface area contributed by atoms with Crippen molar-refractivity contribution in [3.63, 3.8) is 0 Å². The van der Waals surface area contributed by atoms with Crippen molar-refractivity contribution >= 4 is 42.1 Å². The Kier molecular flexibility index (Phi) is 7.29. The first kappa shape index (κ1) is 18.9. The van der Waals surface area contributed by atoms with Gasteiger partial charge < -0.3 is 10.6 Å². The van der Waals surface area contributed by atoms with Crippen molar-refractivity contribution in [3.8, 4) is 11.3 Å². The van der Waals surface area contributed by atoms with E-state index in [1.165, 1.54) is 11.3 Å². The minimum absolute atomic E-state index is 0. The molecule has 0 radical (unpaired) electrons. The van der Waals surface area contributed by atoms with Gasteiger partial charge >= 0.3 is 0 Å². The Morgan fingerprint density at radius 2 is 2.00 bits per heavy atom. The highest BCUT2D eigenvalue weighted by Crippen LogP contribution is 2.27. The van der Waals surface area contributed by atoms with Gasteiger partial charge in [0.15, 0.2) is 0 Å². The van der Waals surface area contributed by atoms with E-state index < -0.39 is 0 Å². The number of rotatable bonds is 4. The van der Waals surface area contributed by atoms with Gasteiger partial charge in [-0.25, -0.2) is 4.98 Å². The molecule has 0 aliphatic carbocycles. The second-order valence-electron chi connectivity index (χ2n) is 5.01. The Morgan fingerprint density at radius 1 is 1.32 bits per heavy atom. The van der Waals surface area contributed by atoms with E-state index >= 15 is 0 Å². The molecule has 0 spiro atoms. The molecule has 7 heteroatoms. The third kappa shape index (κ3) is 4.20. The van der Waals surface area contributed by atoms with Crippen molar-refractivity contribution in [2.24, 2.45) is 5.92 Å². The zero-order valence-corrected chi connectivity index (χ0v) is 14.6. The van der Waals surface area contributed by atoms with Crippen molar-refractivity contribution in [3.05, 3.63) is 40.2 Å². The van der Waals surface area contributed by atoms with Crippen LogP contribution in [0.2, 0.25) is 0 Å². The lowest BCUT2D eigenvalue weighted by atomic mass is 10.0. The van der Waals surface area contributed by atoms with E-state index in [0.717, 1.165) is 35.9 Å². The van der Waals surface area contributed by atoms with Gasteiger partial charge in [-0.1, -0.05) is 30.3 Å². The number of aryl methyl sites for hydroxylation is 1. The Hall–Kier alpha value is -1.14. The predicted octanol–water partition coefficient (Wildman–Crippen LogP) is 2.91. The number of carbonyl (C=O) groups is 1. The average Bonchev–Trinajstić information content (AvgIpc) is 2.80. The topological polar surface area (TPSA) is 54.0 Å². The third-order valence-electron chi connectivity index (χ3n) is 3.40. The molecule has 1 aliphatic rings. The summed E-state index contributed by atoms with van der Waals surface area (Å²) >= 11 is 1.46. The summed E-state index contributed by atoms with van der Waals surface area (Å²) in [5.74, 6) is 0.550. The Labute approximate surface area is 146 Å². The second-order valence-corrected chi connectivity index (χ2v) is 6.21. The Balaban J connectivity index is 0.00000121. The van der Waals surface area contributed by atoms with Gasteiger partial charge in [0.2, 0.25) is 0 Å². The first-order valence-corrected chi connectivity index (χ1v) is 7.57. The fraction of sp³-hybridized carbons (Fsp3) is 0.333. The van der Waals surface area contributed by atoms with Crippen LogP contribution in [-0.2, 0) is 0 Å². The lowest BCUT2D eigenvalue weighted by Crippen LogP contribution is -2.48. The molecular weight excluding hydrogens is 341 g/mol. The van der Waals surface area contributed by atoms with E-state index in [1.54, 1.807) is 0 Å². The van der Waals surface area contributed by atoms with Gasteiger partial charge in [0.05, 0.1) is 10.7 Å². The molecule has 22 heavy (non-hydrogen) atoms. The van der Waals surface area contributed by atoms with Crippen molar-refractivity contribution in [2.75, 3.05) is 19.6 Å². The number of hydrogen-bond acceptors (Lipinski definition) is 4. The molecule has 4 nitrogen and oxygen atoms in total. The maximum atomic E-state index is 12.3. The zero-order valence-electron chi connectivity index (χ0n) is 12.2. The van der Waals surface area contributed by atoms with Crippen LogP contribution in [0.3, 0.4) is 0 Å². The zero-order chi connectivity index (χ0) is 13.9. The number of benzene rings is 1. The summed E-state index contributed by atoms with van der Waals surface area (Å²) in [5, 5.41) is 7.14. The van der Waals surface area contributed by atoms with E-state index in [9.17, 15) is 4.79 Å². The van der Waals surface area contributed by atoms with Crippen LogP contribution in [0.15, 0.2) is 30.3 Å². The summed E-state index contributed by atoms with van der Waals surface area (Å²) in [6.07, 6.45) is 0. The molecule has 1 aromatic heterocycles. The van der Waals surface area contributed by atoms with Crippen LogP contribution >= 0.6 is 36.2 Å². The summed E-state index contributed by atoms with van der Waals surface area (Å²) < 4.78 is 0. The summed E-state index contributed by atoms with van der Waals surface area (Å²) in [6.45, 7) is 4.65. The van der Waals surface area contributed by atoms with Gasteiger partial charge in [0.25, 0.3) is 5.91 Å². The van der Waals surface area contributed by atoms with Crippen LogP contribution in [0, 0.1) is 12.8 Å². The lowest BCUT2D eigenvalue weighted by molar-refractivity contribution is 0.0946. The first-order valence-electron chi connectivity index (χ1n) is 6.76. The highest BCUT2D eigenvalue weighted by Gasteiger charge is 2.21. The van der Waals surface area contributed by atoms with Crippen LogP contribution in [-0.4, -0.2) is 30.5 Å². The molecule has 0 saturated carbocycles. The van der Waals surface area contributed by atoms with E-state index in [1.807, 2.05) is 37.3 Å². The molecule has 1 saturated heterocycles. The Morgan fingerprint density at radius 3 is 2.59 bits per heavy atom. The standard InChI is InChI=1S/C15H17N3OS.2ClH/c1-10-18-13(12-5-3-2-4-6-12)14(20-10)15(19)17-9-11-7-16-8-11;;/h2-6,11,16H,7-9H2,1H3,(H,17,19);2*1H. The van der Waals surface area contributed by atoms with E-state index in [4.69, 9.17) is 0 Å². The molecule has 1 aliphatic heterocycles. The number of nitrogens with zero attached hydrogens (tertiary/aromatic N) is 1. The molecule has 0 atom stereocenters. The highest BCUT2D eigenvalue weighted by atomic mass is 35.5. The quantitative estimate of drug-likeness (QED) is 0.882. The predicted molar refractivity (Wildman–Crippen MR) is 95.5 cm³/mol. The van der Waals surface area contributed by atoms with E-state index in [-0.39, 0.29) is 30.7 Å². The van der Waals surface area contributed by atoms with Gasteiger partial charge in [-0.15, -0.1) is 36.2 Å². The number of hydrogen-bond donors (Lipinski definition) is 2. The molecule has 0 unspecified atom stereocenters. The maximum Gasteiger partial charge on any atom is 0.263 e. The van der Waals surface area contributed by atoms with Gasteiger partial charge in [-0.3, -0.25) is 4.79 Å². The molecule has 2 aromatic rings. The SMILES string of the molecule is Cc1nc(-c2ccccc2)c(C(=O)NCC2CNC2)s1.Cl.Cl. The highest BCUT2D eigenvalue weighted by molar-refractivity contribution is 7.14. The molecule has 120 valence electrons. The fourth-order valence-electron chi connectivity index (χ4n) is 2.18. The summed E-state index contributed by atoms with van der Waals surface area (Å²) in [4.78, 5) is 17.6. The molecule has 2 N–H and O–H groups in total. The smallest absolute Gasteiger partial charge is 0.263 e. The summed E-state index contributed by atoms with van der Waals surface area (Å²) in [7, 11) is 0. The number of aromatic nitrogens is 1. The summed E-state index contributed by atoms with van der Waals surface area (Å²) in [6, 6.07) is 9.87. The summed E-state index contributed by atoms with van der Waals surface area (Å²) in [5.41, 5.74) is 1.78. The van der Waals surface area contributed by atoms with E-state index in [2.05, 4.69) is 15.6 Å². The molecule has 2 heterocycles. The fourth-order valence-corrected chi connectivity index (χ4v) is 3.04. The molecule has 0 bridgehead atoms. The average molecular weight is 360 g/mol. The van der Waals surface area contributed by atoms with Crippen molar-refractivity contribution < 1.29 is 4.79 Å². The molecule has 1 aromatic carbocycles. The van der Waals surface area contributed by atoms with Crippen LogP contribution in [0.5, 0.6) is 0 Å². The second kappa shape index (κ2) is 8.48. The van der Waals surface area contributed by atoms with Gasteiger partial charge in [0, 0.05) is 31.1 Å². The van der Waals surface area contributed by atoms with Crippen molar-refractivity contribution in [1.82, 2.24) is 15.6 Å². The van der Waals surface area contributed by atoms with Gasteiger partial charge in [-0.05, 0) is 6.92 Å². The van der Waals surface area contributed by atoms with Crippen molar-refractivity contribution in [1.29, 1.82) is 0 Å². The van der Waals surface area contributed by atoms with Gasteiger partial charge in [0.1, 0.15) is 4.88 Å². The molecular formula is C15H19Cl2N3OS. The number of thiazole rings is 1. The van der Waals surface area contributed by atoms with Gasteiger partial charge in [-0.2, -0.15) is 0 Å². The first-order chi connectivity index (χ1) is 9.74. The van der Waals surface area contributed by atoms with Crippen LogP contribution < -0.4 is 10.6 Å². The minimum Gasteiger partial charge on any atom is -0.351 e.